The van der Waals surface area contributed by atoms with Gasteiger partial charge in [0, 0.05) is 6.66 Å². The maximum absolute atomic E-state index is 10.6. The first-order chi connectivity index (χ1) is 4.95. The van der Waals surface area contributed by atoms with Crippen LogP contribution in [0.3, 0.4) is 0 Å². The Hall–Kier alpha value is -0.380. The zero-order chi connectivity index (χ0) is 8.91. The molecule has 1 unspecified atom stereocenters. The van der Waals surface area contributed by atoms with Gasteiger partial charge in [-0.05, 0) is 6.92 Å². The Morgan fingerprint density at radius 3 is 2.64 bits per heavy atom. The lowest BCUT2D eigenvalue weighted by molar-refractivity contribution is -0.141. The first kappa shape index (κ1) is 10.6. The van der Waals surface area contributed by atoms with E-state index in [2.05, 4.69) is 9.82 Å². The maximum Gasteiger partial charge on any atom is 0.320 e. The van der Waals surface area contributed by atoms with Crippen LogP contribution in [0.1, 0.15) is 6.92 Å². The van der Waals surface area contributed by atoms with E-state index in [1.54, 1.807) is 6.92 Å². The Bertz CT molecular complexity index is 175. The molecule has 0 aliphatic carbocycles. The Kier molecular flexibility index (Phi) is 4.33. The monoisotopic (exact) mass is 181 g/mol. The fourth-order valence-electron chi connectivity index (χ4n) is 0.423. The van der Waals surface area contributed by atoms with Crippen molar-refractivity contribution >= 4 is 13.5 Å². The summed E-state index contributed by atoms with van der Waals surface area (Å²) in [5.41, 5.74) is 0. The highest BCUT2D eigenvalue weighted by Crippen LogP contribution is 2.27. The summed E-state index contributed by atoms with van der Waals surface area (Å²) in [7, 11) is -3.29. The normalized spacial score (nSPS) is 15.5. The number of hydrogen-bond donors (Lipinski definition) is 2. The number of nitrogens with one attached hydrogen (secondary N) is 1. The van der Waals surface area contributed by atoms with E-state index >= 15 is 0 Å². The van der Waals surface area contributed by atoms with Crippen LogP contribution in [-0.2, 0) is 14.1 Å². The molecular weight excluding hydrogens is 169 g/mol. The maximum atomic E-state index is 10.6. The summed E-state index contributed by atoms with van der Waals surface area (Å²) in [6, 6.07) is 0. The molecular formula is C5H12NO4P. The summed E-state index contributed by atoms with van der Waals surface area (Å²) >= 11 is 0. The summed E-state index contributed by atoms with van der Waals surface area (Å²) in [4.78, 5) is 19.2. The molecule has 0 heterocycles. The molecule has 0 aliphatic rings. The predicted molar refractivity (Wildman–Crippen MR) is 40.4 cm³/mol. The molecule has 0 aliphatic heterocycles. The molecule has 0 bridgehead atoms. The molecule has 11 heavy (non-hydrogen) atoms. The lowest BCUT2D eigenvalue weighted by Gasteiger charge is -2.06. The largest absolute Gasteiger partial charge is 0.465 e. The quantitative estimate of drug-likeness (QED) is 0.470. The molecule has 0 aromatic heterocycles. The van der Waals surface area contributed by atoms with E-state index in [9.17, 15) is 9.36 Å². The summed E-state index contributed by atoms with van der Waals surface area (Å²) in [5, 5.41) is 2.14. The van der Waals surface area contributed by atoms with Gasteiger partial charge in [-0.1, -0.05) is 0 Å². The van der Waals surface area contributed by atoms with Gasteiger partial charge in [0.2, 0.25) is 0 Å². The van der Waals surface area contributed by atoms with E-state index in [1.807, 2.05) is 0 Å². The molecule has 0 spiro atoms. The smallest absolute Gasteiger partial charge is 0.320 e. The SMILES string of the molecule is CCOC(=O)CNP(C)(=O)O. The summed E-state index contributed by atoms with van der Waals surface area (Å²) in [6.07, 6.45) is 0. The van der Waals surface area contributed by atoms with Gasteiger partial charge < -0.3 is 9.63 Å². The lowest BCUT2D eigenvalue weighted by atomic mass is 10.7. The highest BCUT2D eigenvalue weighted by atomic mass is 31.2. The molecule has 5 nitrogen and oxygen atoms in total. The standard InChI is InChI=1S/C5H12NO4P/c1-3-10-5(7)4-6-11(2,8)9/h3-4H2,1-2H3,(H2,6,8,9). The van der Waals surface area contributed by atoms with Gasteiger partial charge >= 0.3 is 5.97 Å². The molecule has 0 saturated heterocycles. The van der Waals surface area contributed by atoms with Crippen LogP contribution in [-0.4, -0.2) is 30.7 Å². The van der Waals surface area contributed by atoms with Crippen molar-refractivity contribution < 1.29 is 19.0 Å². The molecule has 66 valence electrons. The van der Waals surface area contributed by atoms with Gasteiger partial charge in [0.15, 0.2) is 0 Å². The molecule has 0 amide bonds. The zero-order valence-corrected chi connectivity index (χ0v) is 7.43. The number of esters is 1. The lowest BCUT2D eigenvalue weighted by Crippen LogP contribution is -2.21. The van der Waals surface area contributed by atoms with Crippen LogP contribution in [0, 0.1) is 0 Å². The third kappa shape index (κ3) is 7.52. The molecule has 0 saturated carbocycles. The second-order valence-corrected chi connectivity index (χ2v) is 4.09. The van der Waals surface area contributed by atoms with Crippen LogP contribution in [0.15, 0.2) is 0 Å². The first-order valence-electron chi connectivity index (χ1n) is 3.16. The van der Waals surface area contributed by atoms with Gasteiger partial charge in [0.1, 0.15) is 6.54 Å². The zero-order valence-electron chi connectivity index (χ0n) is 6.53. The van der Waals surface area contributed by atoms with Crippen LogP contribution in [0.4, 0.5) is 0 Å². The average molecular weight is 181 g/mol. The number of hydrogen-bond acceptors (Lipinski definition) is 3. The minimum atomic E-state index is -3.29. The highest BCUT2D eigenvalue weighted by molar-refractivity contribution is 7.55. The van der Waals surface area contributed by atoms with Gasteiger partial charge in [-0.3, -0.25) is 9.36 Å². The minimum Gasteiger partial charge on any atom is -0.465 e. The van der Waals surface area contributed by atoms with Crippen LogP contribution in [0.5, 0.6) is 0 Å². The van der Waals surface area contributed by atoms with Crippen molar-refractivity contribution in [1.29, 1.82) is 0 Å². The molecule has 0 rings (SSSR count). The van der Waals surface area contributed by atoms with Crippen LogP contribution in [0.25, 0.3) is 0 Å². The molecule has 0 fully saturated rings. The van der Waals surface area contributed by atoms with Crippen molar-refractivity contribution in [2.75, 3.05) is 19.8 Å². The predicted octanol–water partition coefficient (Wildman–Crippen LogP) is -0.0457. The van der Waals surface area contributed by atoms with E-state index in [0.29, 0.717) is 0 Å². The van der Waals surface area contributed by atoms with Crippen LogP contribution >= 0.6 is 7.52 Å². The molecule has 2 N–H and O–H groups in total. The van der Waals surface area contributed by atoms with E-state index in [1.165, 1.54) is 0 Å². The number of carbonyl (C=O) groups excluding carboxylic acids is 1. The van der Waals surface area contributed by atoms with Crippen molar-refractivity contribution in [2.24, 2.45) is 0 Å². The minimum absolute atomic E-state index is 0.224. The molecule has 1 atom stereocenters. The summed E-state index contributed by atoms with van der Waals surface area (Å²) < 4.78 is 15.1. The molecule has 6 heteroatoms. The van der Waals surface area contributed by atoms with Crippen molar-refractivity contribution in [3.8, 4) is 0 Å². The van der Waals surface area contributed by atoms with E-state index < -0.39 is 13.5 Å². The number of ether oxygens (including phenoxy) is 1. The Labute approximate surface area is 65.3 Å². The Balaban J connectivity index is 3.55. The third-order valence-electron chi connectivity index (χ3n) is 0.822. The Morgan fingerprint density at radius 2 is 2.27 bits per heavy atom. The van der Waals surface area contributed by atoms with Gasteiger partial charge in [0.25, 0.3) is 7.52 Å². The fourth-order valence-corrected chi connectivity index (χ4v) is 0.846. The van der Waals surface area contributed by atoms with Crippen molar-refractivity contribution in [3.63, 3.8) is 0 Å². The molecule has 0 aromatic carbocycles. The third-order valence-corrected chi connectivity index (χ3v) is 1.57. The average Bonchev–Trinajstić information content (AvgIpc) is 1.83. The topological polar surface area (TPSA) is 75.6 Å². The molecule has 0 aromatic rings. The second-order valence-electron chi connectivity index (χ2n) is 2.02. The summed E-state index contributed by atoms with van der Waals surface area (Å²) in [5.74, 6) is -0.524. The van der Waals surface area contributed by atoms with Crippen molar-refractivity contribution in [1.82, 2.24) is 5.09 Å². The highest BCUT2D eigenvalue weighted by Gasteiger charge is 2.10. The van der Waals surface area contributed by atoms with E-state index in [0.717, 1.165) is 6.66 Å². The van der Waals surface area contributed by atoms with Gasteiger partial charge in [-0.15, -0.1) is 0 Å². The first-order valence-corrected chi connectivity index (χ1v) is 5.27. The second kappa shape index (κ2) is 4.49. The Morgan fingerprint density at radius 1 is 1.73 bits per heavy atom. The number of carbonyl (C=O) groups is 1. The van der Waals surface area contributed by atoms with Crippen molar-refractivity contribution in [2.45, 2.75) is 6.92 Å². The van der Waals surface area contributed by atoms with E-state index in [4.69, 9.17) is 4.89 Å². The van der Waals surface area contributed by atoms with Crippen LogP contribution in [0.2, 0.25) is 0 Å². The van der Waals surface area contributed by atoms with Crippen LogP contribution < -0.4 is 5.09 Å². The van der Waals surface area contributed by atoms with E-state index in [-0.39, 0.29) is 13.2 Å². The molecule has 0 radical (unpaired) electrons. The van der Waals surface area contributed by atoms with Gasteiger partial charge in [-0.2, -0.15) is 0 Å². The van der Waals surface area contributed by atoms with Gasteiger partial charge in [-0.25, -0.2) is 5.09 Å². The van der Waals surface area contributed by atoms with Gasteiger partial charge in [0.05, 0.1) is 6.61 Å². The fraction of sp³-hybridized carbons (Fsp3) is 0.800. The van der Waals surface area contributed by atoms with Crippen molar-refractivity contribution in [3.05, 3.63) is 0 Å². The summed E-state index contributed by atoms with van der Waals surface area (Å²) in [6.45, 7) is 2.84. The number of rotatable bonds is 4.